The van der Waals surface area contributed by atoms with Gasteiger partial charge < -0.3 is 10.5 Å². The molecule has 70 valence electrons. The van der Waals surface area contributed by atoms with Crippen molar-refractivity contribution in [3.05, 3.63) is 23.3 Å². The molecular formula is C9H13N3O. The predicted molar refractivity (Wildman–Crippen MR) is 48.2 cm³/mol. The van der Waals surface area contributed by atoms with E-state index < -0.39 is 0 Å². The molecule has 0 aliphatic carbocycles. The number of hydrogen-bond donors (Lipinski definition) is 1. The van der Waals surface area contributed by atoms with Gasteiger partial charge in [0, 0.05) is 12.6 Å². The molecule has 0 atom stereocenters. The molecule has 0 fully saturated rings. The SMILES string of the molecule is NCCc1ncc2c(n1)COCC2. The van der Waals surface area contributed by atoms with Gasteiger partial charge in [0.2, 0.25) is 0 Å². The van der Waals surface area contributed by atoms with Crippen LogP contribution in [-0.4, -0.2) is 23.1 Å². The largest absolute Gasteiger partial charge is 0.375 e. The van der Waals surface area contributed by atoms with Gasteiger partial charge in [-0.1, -0.05) is 0 Å². The van der Waals surface area contributed by atoms with Gasteiger partial charge in [0.1, 0.15) is 5.82 Å². The third-order valence-corrected chi connectivity index (χ3v) is 2.13. The highest BCUT2D eigenvalue weighted by Gasteiger charge is 2.11. The number of nitrogens with zero attached hydrogens (tertiary/aromatic N) is 2. The van der Waals surface area contributed by atoms with Crippen LogP contribution in [0.2, 0.25) is 0 Å². The van der Waals surface area contributed by atoms with Crippen LogP contribution in [0.1, 0.15) is 17.1 Å². The molecule has 1 aromatic heterocycles. The van der Waals surface area contributed by atoms with Gasteiger partial charge in [-0.05, 0) is 18.5 Å². The van der Waals surface area contributed by atoms with Crippen molar-refractivity contribution in [3.8, 4) is 0 Å². The topological polar surface area (TPSA) is 61.0 Å². The zero-order valence-corrected chi connectivity index (χ0v) is 7.49. The van der Waals surface area contributed by atoms with Gasteiger partial charge in [0.05, 0.1) is 18.9 Å². The maximum atomic E-state index is 5.43. The van der Waals surface area contributed by atoms with E-state index in [9.17, 15) is 0 Å². The Labute approximate surface area is 77.1 Å². The Hall–Kier alpha value is -1.00. The number of aromatic nitrogens is 2. The van der Waals surface area contributed by atoms with Crippen molar-refractivity contribution in [2.45, 2.75) is 19.4 Å². The lowest BCUT2D eigenvalue weighted by Gasteiger charge is -2.15. The first-order valence-corrected chi connectivity index (χ1v) is 4.51. The van der Waals surface area contributed by atoms with Crippen molar-refractivity contribution >= 4 is 0 Å². The molecule has 1 aliphatic heterocycles. The summed E-state index contributed by atoms with van der Waals surface area (Å²) < 4.78 is 5.31. The van der Waals surface area contributed by atoms with Crippen molar-refractivity contribution in [3.63, 3.8) is 0 Å². The first-order chi connectivity index (χ1) is 6.40. The number of fused-ring (bicyclic) bond motifs is 1. The van der Waals surface area contributed by atoms with Gasteiger partial charge in [-0.2, -0.15) is 0 Å². The van der Waals surface area contributed by atoms with Crippen LogP contribution in [0.15, 0.2) is 6.20 Å². The summed E-state index contributed by atoms with van der Waals surface area (Å²) in [5.74, 6) is 0.826. The maximum Gasteiger partial charge on any atom is 0.129 e. The molecule has 4 heteroatoms. The minimum absolute atomic E-state index is 0.597. The van der Waals surface area contributed by atoms with Crippen LogP contribution < -0.4 is 5.73 Å². The van der Waals surface area contributed by atoms with Crippen LogP contribution in [0.5, 0.6) is 0 Å². The molecule has 1 aromatic rings. The average molecular weight is 179 g/mol. The molecule has 2 N–H and O–H groups in total. The molecule has 0 unspecified atom stereocenters. The third kappa shape index (κ3) is 1.84. The summed E-state index contributed by atoms with van der Waals surface area (Å²) in [5.41, 5.74) is 7.67. The van der Waals surface area contributed by atoms with Gasteiger partial charge in [-0.25, -0.2) is 9.97 Å². The Morgan fingerprint density at radius 1 is 1.54 bits per heavy atom. The van der Waals surface area contributed by atoms with E-state index in [2.05, 4.69) is 9.97 Å². The average Bonchev–Trinajstić information content (AvgIpc) is 2.18. The Morgan fingerprint density at radius 2 is 2.46 bits per heavy atom. The Bertz CT molecular complexity index is 301. The highest BCUT2D eigenvalue weighted by Crippen LogP contribution is 2.13. The van der Waals surface area contributed by atoms with E-state index in [0.717, 1.165) is 31.0 Å². The van der Waals surface area contributed by atoms with Crippen molar-refractivity contribution in [2.24, 2.45) is 5.73 Å². The molecular weight excluding hydrogens is 166 g/mol. The summed E-state index contributed by atoms with van der Waals surface area (Å²) in [6.45, 7) is 2.00. The highest BCUT2D eigenvalue weighted by molar-refractivity contribution is 5.18. The highest BCUT2D eigenvalue weighted by atomic mass is 16.5. The first-order valence-electron chi connectivity index (χ1n) is 4.51. The smallest absolute Gasteiger partial charge is 0.129 e. The molecule has 0 aromatic carbocycles. The molecule has 0 radical (unpaired) electrons. The summed E-state index contributed by atoms with van der Waals surface area (Å²) in [6.07, 6.45) is 3.57. The van der Waals surface area contributed by atoms with E-state index in [0.29, 0.717) is 13.2 Å². The fraction of sp³-hybridized carbons (Fsp3) is 0.556. The zero-order valence-electron chi connectivity index (χ0n) is 7.49. The van der Waals surface area contributed by atoms with E-state index in [-0.39, 0.29) is 0 Å². The number of rotatable bonds is 2. The molecule has 0 saturated carbocycles. The Kier molecular flexibility index (Phi) is 2.52. The summed E-state index contributed by atoms with van der Waals surface area (Å²) in [4.78, 5) is 8.62. The minimum atomic E-state index is 0.597. The van der Waals surface area contributed by atoms with Gasteiger partial charge in [-0.3, -0.25) is 0 Å². The fourth-order valence-electron chi connectivity index (χ4n) is 1.42. The monoisotopic (exact) mass is 179 g/mol. The molecule has 2 rings (SSSR count). The van der Waals surface area contributed by atoms with Gasteiger partial charge in [-0.15, -0.1) is 0 Å². The third-order valence-electron chi connectivity index (χ3n) is 2.13. The molecule has 1 aliphatic rings. The maximum absolute atomic E-state index is 5.43. The standard InChI is InChI=1S/C9H13N3O/c10-3-1-9-11-5-7-2-4-13-6-8(7)12-9/h5H,1-4,6,10H2. The summed E-state index contributed by atoms with van der Waals surface area (Å²) in [6, 6.07) is 0. The second-order valence-corrected chi connectivity index (χ2v) is 3.10. The van der Waals surface area contributed by atoms with Crippen molar-refractivity contribution in [1.82, 2.24) is 9.97 Å². The lowest BCUT2D eigenvalue weighted by molar-refractivity contribution is 0.107. The van der Waals surface area contributed by atoms with Gasteiger partial charge >= 0.3 is 0 Å². The van der Waals surface area contributed by atoms with Crippen LogP contribution in [-0.2, 0) is 24.2 Å². The summed E-state index contributed by atoms with van der Waals surface area (Å²) >= 11 is 0. The molecule has 0 saturated heterocycles. The van der Waals surface area contributed by atoms with Crippen molar-refractivity contribution in [1.29, 1.82) is 0 Å². The van der Waals surface area contributed by atoms with E-state index in [4.69, 9.17) is 10.5 Å². The fourth-order valence-corrected chi connectivity index (χ4v) is 1.42. The Morgan fingerprint density at radius 3 is 3.31 bits per heavy atom. The van der Waals surface area contributed by atoms with E-state index in [1.165, 1.54) is 5.56 Å². The minimum Gasteiger partial charge on any atom is -0.375 e. The molecule has 2 heterocycles. The second-order valence-electron chi connectivity index (χ2n) is 3.10. The summed E-state index contributed by atoms with van der Waals surface area (Å²) in [7, 11) is 0. The van der Waals surface area contributed by atoms with Crippen molar-refractivity contribution in [2.75, 3.05) is 13.2 Å². The van der Waals surface area contributed by atoms with Crippen LogP contribution >= 0.6 is 0 Å². The van der Waals surface area contributed by atoms with E-state index in [1.807, 2.05) is 6.20 Å². The van der Waals surface area contributed by atoms with Crippen LogP contribution in [0.3, 0.4) is 0 Å². The lowest BCUT2D eigenvalue weighted by Crippen LogP contribution is -2.15. The number of nitrogens with two attached hydrogens (primary N) is 1. The normalized spacial score (nSPS) is 15.5. The zero-order chi connectivity index (χ0) is 9.10. The second kappa shape index (κ2) is 3.81. The van der Waals surface area contributed by atoms with Gasteiger partial charge in [0.15, 0.2) is 0 Å². The molecule has 0 amide bonds. The van der Waals surface area contributed by atoms with Crippen molar-refractivity contribution < 1.29 is 4.74 Å². The predicted octanol–water partition coefficient (Wildman–Crippen LogP) is 0.0505. The quantitative estimate of drug-likeness (QED) is 0.697. The van der Waals surface area contributed by atoms with Crippen LogP contribution in [0.25, 0.3) is 0 Å². The molecule has 4 nitrogen and oxygen atoms in total. The van der Waals surface area contributed by atoms with Crippen LogP contribution in [0.4, 0.5) is 0 Å². The number of hydrogen-bond acceptors (Lipinski definition) is 4. The molecule has 13 heavy (non-hydrogen) atoms. The summed E-state index contributed by atoms with van der Waals surface area (Å²) in [5, 5.41) is 0. The first kappa shape index (κ1) is 8.59. The Balaban J connectivity index is 2.24. The van der Waals surface area contributed by atoms with E-state index in [1.54, 1.807) is 0 Å². The van der Waals surface area contributed by atoms with E-state index >= 15 is 0 Å². The number of ether oxygens (including phenoxy) is 1. The lowest BCUT2D eigenvalue weighted by atomic mass is 10.1. The molecule has 0 bridgehead atoms. The van der Waals surface area contributed by atoms with Gasteiger partial charge in [0.25, 0.3) is 0 Å². The molecule has 0 spiro atoms. The van der Waals surface area contributed by atoms with Crippen LogP contribution in [0, 0.1) is 0 Å².